The molecule has 1 aliphatic rings. The van der Waals surface area contributed by atoms with Crippen LogP contribution >= 0.6 is 0 Å². The number of aliphatic carboxylic acids is 1. The second-order valence-corrected chi connectivity index (χ2v) is 5.76. The first-order valence-corrected chi connectivity index (χ1v) is 7.78. The van der Waals surface area contributed by atoms with E-state index >= 15 is 0 Å². The number of amides is 1. The first kappa shape index (κ1) is 17.1. The third-order valence-corrected chi connectivity index (χ3v) is 4.21. The number of carboxylic acids is 1. The van der Waals surface area contributed by atoms with E-state index in [1.165, 1.54) is 7.11 Å². The van der Waals surface area contributed by atoms with E-state index in [2.05, 4.69) is 0 Å². The Morgan fingerprint density at radius 3 is 2.74 bits per heavy atom. The summed E-state index contributed by atoms with van der Waals surface area (Å²) in [6.45, 7) is 1.29. The molecule has 1 amide bonds. The van der Waals surface area contributed by atoms with Gasteiger partial charge in [0.15, 0.2) is 0 Å². The van der Waals surface area contributed by atoms with Gasteiger partial charge in [0.1, 0.15) is 11.5 Å². The SMILES string of the molecule is COc1ccc(C(=O)N2CCCC(CCC(=O)O)C2)c(OC)c1. The fourth-order valence-corrected chi connectivity index (χ4v) is 2.96. The summed E-state index contributed by atoms with van der Waals surface area (Å²) in [6, 6.07) is 5.14. The summed E-state index contributed by atoms with van der Waals surface area (Å²) in [5, 5.41) is 8.81. The summed E-state index contributed by atoms with van der Waals surface area (Å²) in [6.07, 6.45) is 2.63. The zero-order chi connectivity index (χ0) is 16.8. The maximum Gasteiger partial charge on any atom is 0.303 e. The molecule has 0 aliphatic carbocycles. The van der Waals surface area contributed by atoms with Crippen molar-refractivity contribution in [2.75, 3.05) is 27.3 Å². The van der Waals surface area contributed by atoms with Crippen LogP contribution in [0.15, 0.2) is 18.2 Å². The summed E-state index contributed by atoms with van der Waals surface area (Å²) in [7, 11) is 3.09. The number of carbonyl (C=O) groups excluding carboxylic acids is 1. The molecule has 1 fully saturated rings. The van der Waals surface area contributed by atoms with Gasteiger partial charge in [-0.15, -0.1) is 0 Å². The van der Waals surface area contributed by atoms with Crippen LogP contribution in [0.3, 0.4) is 0 Å². The van der Waals surface area contributed by atoms with Gasteiger partial charge in [0.2, 0.25) is 0 Å². The van der Waals surface area contributed by atoms with Gasteiger partial charge < -0.3 is 19.5 Å². The molecule has 1 aromatic carbocycles. The summed E-state index contributed by atoms with van der Waals surface area (Å²) >= 11 is 0. The molecule has 0 saturated carbocycles. The van der Waals surface area contributed by atoms with Gasteiger partial charge in [-0.05, 0) is 37.3 Å². The van der Waals surface area contributed by atoms with Crippen molar-refractivity contribution in [1.82, 2.24) is 4.90 Å². The molecule has 126 valence electrons. The maximum atomic E-state index is 12.8. The zero-order valence-corrected chi connectivity index (χ0v) is 13.6. The normalized spacial score (nSPS) is 17.7. The minimum atomic E-state index is -0.787. The molecular formula is C17H23NO5. The Bertz CT molecular complexity index is 572. The number of carboxylic acid groups (broad SMARTS) is 1. The summed E-state index contributed by atoms with van der Waals surface area (Å²) in [5.74, 6) is 0.501. The average molecular weight is 321 g/mol. The quantitative estimate of drug-likeness (QED) is 0.871. The van der Waals surface area contributed by atoms with Gasteiger partial charge in [-0.2, -0.15) is 0 Å². The number of piperidine rings is 1. The van der Waals surface area contributed by atoms with Gasteiger partial charge in [-0.25, -0.2) is 0 Å². The molecule has 1 N–H and O–H groups in total. The highest BCUT2D eigenvalue weighted by Crippen LogP contribution is 2.28. The summed E-state index contributed by atoms with van der Waals surface area (Å²) in [5.41, 5.74) is 0.507. The highest BCUT2D eigenvalue weighted by molar-refractivity contribution is 5.97. The first-order chi connectivity index (χ1) is 11.0. The van der Waals surface area contributed by atoms with E-state index in [1.807, 2.05) is 0 Å². The van der Waals surface area contributed by atoms with Gasteiger partial charge >= 0.3 is 5.97 Å². The Balaban J connectivity index is 2.08. The molecule has 6 heteroatoms. The third kappa shape index (κ3) is 4.37. The van der Waals surface area contributed by atoms with Gasteiger partial charge in [-0.3, -0.25) is 9.59 Å². The van der Waals surface area contributed by atoms with Crippen LogP contribution in [-0.2, 0) is 4.79 Å². The van der Waals surface area contributed by atoms with E-state index < -0.39 is 5.97 Å². The van der Waals surface area contributed by atoms with Crippen molar-refractivity contribution in [3.8, 4) is 11.5 Å². The molecule has 1 aliphatic heterocycles. The number of likely N-dealkylation sites (tertiary alicyclic amines) is 1. The van der Waals surface area contributed by atoms with E-state index in [0.29, 0.717) is 36.6 Å². The lowest BCUT2D eigenvalue weighted by molar-refractivity contribution is -0.137. The molecule has 2 rings (SSSR count). The van der Waals surface area contributed by atoms with Gasteiger partial charge in [0, 0.05) is 25.6 Å². The Kier molecular flexibility index (Phi) is 5.84. The van der Waals surface area contributed by atoms with Crippen molar-refractivity contribution in [3.05, 3.63) is 23.8 Å². The van der Waals surface area contributed by atoms with Crippen LogP contribution in [0.2, 0.25) is 0 Å². The van der Waals surface area contributed by atoms with E-state index in [9.17, 15) is 9.59 Å². The van der Waals surface area contributed by atoms with Gasteiger partial charge in [0.25, 0.3) is 5.91 Å². The van der Waals surface area contributed by atoms with Crippen molar-refractivity contribution >= 4 is 11.9 Å². The second kappa shape index (κ2) is 7.85. The number of carbonyl (C=O) groups is 2. The molecular weight excluding hydrogens is 298 g/mol. The Morgan fingerprint density at radius 1 is 1.30 bits per heavy atom. The summed E-state index contributed by atoms with van der Waals surface area (Å²) in [4.78, 5) is 25.3. The Hall–Kier alpha value is -2.24. The predicted molar refractivity (Wildman–Crippen MR) is 85.0 cm³/mol. The molecule has 1 aromatic rings. The minimum absolute atomic E-state index is 0.0791. The fourth-order valence-electron chi connectivity index (χ4n) is 2.96. The van der Waals surface area contributed by atoms with E-state index in [0.717, 1.165) is 12.8 Å². The molecule has 0 bridgehead atoms. The zero-order valence-electron chi connectivity index (χ0n) is 13.6. The van der Waals surface area contributed by atoms with Crippen molar-refractivity contribution in [2.45, 2.75) is 25.7 Å². The molecule has 0 spiro atoms. The van der Waals surface area contributed by atoms with Gasteiger partial charge in [-0.1, -0.05) is 0 Å². The average Bonchev–Trinajstić information content (AvgIpc) is 2.59. The second-order valence-electron chi connectivity index (χ2n) is 5.76. The van der Waals surface area contributed by atoms with E-state index in [1.54, 1.807) is 30.2 Å². The number of hydrogen-bond acceptors (Lipinski definition) is 4. The van der Waals surface area contributed by atoms with Crippen LogP contribution in [0.25, 0.3) is 0 Å². The topological polar surface area (TPSA) is 76.1 Å². The lowest BCUT2D eigenvalue weighted by atomic mass is 9.93. The molecule has 1 heterocycles. The lowest BCUT2D eigenvalue weighted by Crippen LogP contribution is -2.40. The van der Waals surface area contributed by atoms with Crippen molar-refractivity contribution in [2.24, 2.45) is 5.92 Å². The van der Waals surface area contributed by atoms with Crippen LogP contribution in [0, 0.1) is 5.92 Å². The third-order valence-electron chi connectivity index (χ3n) is 4.21. The largest absolute Gasteiger partial charge is 0.497 e. The van der Waals surface area contributed by atoms with Crippen LogP contribution in [0.1, 0.15) is 36.0 Å². The predicted octanol–water partition coefficient (Wildman–Crippen LogP) is 2.42. The molecule has 23 heavy (non-hydrogen) atoms. The Labute approximate surface area is 136 Å². The molecule has 1 atom stereocenters. The van der Waals surface area contributed by atoms with Crippen LogP contribution in [0.5, 0.6) is 11.5 Å². The molecule has 1 unspecified atom stereocenters. The Morgan fingerprint density at radius 2 is 2.09 bits per heavy atom. The number of hydrogen-bond donors (Lipinski definition) is 1. The number of nitrogens with zero attached hydrogens (tertiary/aromatic N) is 1. The smallest absolute Gasteiger partial charge is 0.303 e. The van der Waals surface area contributed by atoms with Crippen LogP contribution in [0.4, 0.5) is 0 Å². The number of ether oxygens (including phenoxy) is 2. The van der Waals surface area contributed by atoms with Crippen LogP contribution in [-0.4, -0.2) is 49.2 Å². The number of rotatable bonds is 6. The lowest BCUT2D eigenvalue weighted by Gasteiger charge is -2.33. The highest BCUT2D eigenvalue weighted by atomic mass is 16.5. The van der Waals surface area contributed by atoms with Crippen LogP contribution < -0.4 is 9.47 Å². The van der Waals surface area contributed by atoms with Crippen molar-refractivity contribution in [3.63, 3.8) is 0 Å². The minimum Gasteiger partial charge on any atom is -0.497 e. The molecule has 6 nitrogen and oxygen atoms in total. The van der Waals surface area contributed by atoms with E-state index in [4.69, 9.17) is 14.6 Å². The fraction of sp³-hybridized carbons (Fsp3) is 0.529. The monoisotopic (exact) mass is 321 g/mol. The van der Waals surface area contributed by atoms with E-state index in [-0.39, 0.29) is 18.2 Å². The number of benzene rings is 1. The summed E-state index contributed by atoms with van der Waals surface area (Å²) < 4.78 is 10.4. The molecule has 0 radical (unpaired) electrons. The molecule has 1 saturated heterocycles. The van der Waals surface area contributed by atoms with Crippen molar-refractivity contribution in [1.29, 1.82) is 0 Å². The first-order valence-electron chi connectivity index (χ1n) is 7.78. The standard InChI is InChI=1S/C17H23NO5/c1-22-13-6-7-14(15(10-13)23-2)17(21)18-9-3-4-12(11-18)5-8-16(19)20/h6-7,10,12H,3-5,8-9,11H2,1-2H3,(H,19,20). The molecule has 0 aromatic heterocycles. The maximum absolute atomic E-state index is 12.8. The van der Waals surface area contributed by atoms with Gasteiger partial charge in [0.05, 0.1) is 19.8 Å². The number of methoxy groups -OCH3 is 2. The highest BCUT2D eigenvalue weighted by Gasteiger charge is 2.26. The van der Waals surface area contributed by atoms with Crippen molar-refractivity contribution < 1.29 is 24.2 Å².